The van der Waals surface area contributed by atoms with Crippen LogP contribution in [0.25, 0.3) is 10.8 Å². The van der Waals surface area contributed by atoms with Crippen LogP contribution < -0.4 is 15.4 Å². The minimum Gasteiger partial charge on any atom is -0.497 e. The summed E-state index contributed by atoms with van der Waals surface area (Å²) in [7, 11) is 1.56. The lowest BCUT2D eigenvalue weighted by Gasteiger charge is -2.23. The van der Waals surface area contributed by atoms with Crippen LogP contribution in [0.15, 0.2) is 54.9 Å². The van der Waals surface area contributed by atoms with Crippen molar-refractivity contribution in [1.29, 1.82) is 0 Å². The van der Waals surface area contributed by atoms with E-state index in [0.717, 1.165) is 18.4 Å². The summed E-state index contributed by atoms with van der Waals surface area (Å²) >= 11 is 0. The third-order valence-electron chi connectivity index (χ3n) is 5.83. The minimum absolute atomic E-state index is 0.155. The van der Waals surface area contributed by atoms with Crippen molar-refractivity contribution in [3.05, 3.63) is 60.4 Å². The van der Waals surface area contributed by atoms with Gasteiger partial charge in [-0.05, 0) is 47.6 Å². The summed E-state index contributed by atoms with van der Waals surface area (Å²) in [4.78, 5) is 30.8. The van der Waals surface area contributed by atoms with E-state index in [2.05, 4.69) is 38.7 Å². The summed E-state index contributed by atoms with van der Waals surface area (Å²) in [5, 5.41) is 7.96. The summed E-state index contributed by atoms with van der Waals surface area (Å²) in [6.07, 6.45) is 4.55. The molecular formula is C26H30N4O4. The third-order valence-corrected chi connectivity index (χ3v) is 5.83. The van der Waals surface area contributed by atoms with Crippen molar-refractivity contribution in [1.82, 2.24) is 9.88 Å². The fraction of sp³-hybridized carbons (Fsp3) is 0.346. The number of aromatic nitrogens is 1. The normalized spacial score (nSPS) is 16.6. The van der Waals surface area contributed by atoms with Gasteiger partial charge in [-0.3, -0.25) is 19.5 Å². The first-order valence-electron chi connectivity index (χ1n) is 11.4. The zero-order valence-electron chi connectivity index (χ0n) is 19.5. The number of pyridine rings is 1. The van der Waals surface area contributed by atoms with Crippen LogP contribution in [-0.4, -0.2) is 61.7 Å². The standard InChI is InChI=1S/C26H30N4O4/c1-18(31)28-24-6-5-23(33-2)13-25(24)29-26(32)16-30-9-10-34-17-20(15-30)11-19-3-4-21-7-8-27-14-22(21)12-19/h3-8,12-14,20H,9-11,15-17H2,1-2H3,(H,28,31)(H,29,32). The highest BCUT2D eigenvalue weighted by Crippen LogP contribution is 2.27. The number of benzene rings is 2. The van der Waals surface area contributed by atoms with Crippen molar-refractivity contribution in [2.24, 2.45) is 5.92 Å². The average molecular weight is 463 g/mol. The van der Waals surface area contributed by atoms with E-state index in [9.17, 15) is 9.59 Å². The molecular weight excluding hydrogens is 432 g/mol. The maximum absolute atomic E-state index is 12.9. The van der Waals surface area contributed by atoms with Gasteiger partial charge in [0.15, 0.2) is 0 Å². The highest BCUT2D eigenvalue weighted by molar-refractivity contribution is 5.99. The number of carbonyl (C=O) groups excluding carboxylic acids is 2. The Morgan fingerprint density at radius 2 is 2.00 bits per heavy atom. The van der Waals surface area contributed by atoms with Crippen LogP contribution in [0.3, 0.4) is 0 Å². The van der Waals surface area contributed by atoms with Gasteiger partial charge in [-0.1, -0.05) is 12.1 Å². The lowest BCUT2D eigenvalue weighted by atomic mass is 9.98. The molecule has 2 aromatic carbocycles. The number of nitrogens with one attached hydrogen (secondary N) is 2. The Morgan fingerprint density at radius 1 is 1.12 bits per heavy atom. The topological polar surface area (TPSA) is 92.8 Å². The number of anilines is 2. The fourth-order valence-corrected chi connectivity index (χ4v) is 4.26. The second-order valence-corrected chi connectivity index (χ2v) is 8.58. The summed E-state index contributed by atoms with van der Waals surface area (Å²) in [6.45, 7) is 4.35. The van der Waals surface area contributed by atoms with Gasteiger partial charge in [0.2, 0.25) is 11.8 Å². The molecule has 1 atom stereocenters. The molecule has 178 valence electrons. The molecule has 0 aliphatic carbocycles. The Morgan fingerprint density at radius 3 is 2.82 bits per heavy atom. The van der Waals surface area contributed by atoms with Crippen molar-refractivity contribution in [2.75, 3.05) is 50.6 Å². The molecule has 1 aromatic heterocycles. The molecule has 4 rings (SSSR count). The molecule has 1 fully saturated rings. The Balaban J connectivity index is 1.40. The van der Waals surface area contributed by atoms with E-state index >= 15 is 0 Å². The Hall–Kier alpha value is -3.49. The highest BCUT2D eigenvalue weighted by Gasteiger charge is 2.21. The Bertz CT molecular complexity index is 1170. The minimum atomic E-state index is -0.211. The molecule has 0 radical (unpaired) electrons. The van der Waals surface area contributed by atoms with Gasteiger partial charge < -0.3 is 20.1 Å². The van der Waals surface area contributed by atoms with Gasteiger partial charge in [0.05, 0.1) is 38.2 Å². The van der Waals surface area contributed by atoms with E-state index < -0.39 is 0 Å². The molecule has 1 aliphatic heterocycles. The highest BCUT2D eigenvalue weighted by atomic mass is 16.5. The molecule has 1 saturated heterocycles. The van der Waals surface area contributed by atoms with Gasteiger partial charge in [0, 0.05) is 43.9 Å². The van der Waals surface area contributed by atoms with Crippen molar-refractivity contribution >= 4 is 34.0 Å². The maximum atomic E-state index is 12.9. The second-order valence-electron chi connectivity index (χ2n) is 8.58. The molecule has 2 N–H and O–H groups in total. The van der Waals surface area contributed by atoms with Gasteiger partial charge in [-0.15, -0.1) is 0 Å². The summed E-state index contributed by atoms with van der Waals surface area (Å²) in [5.41, 5.74) is 2.27. The summed E-state index contributed by atoms with van der Waals surface area (Å²) in [6, 6.07) is 13.6. The van der Waals surface area contributed by atoms with Crippen LogP contribution in [0.2, 0.25) is 0 Å². The number of methoxy groups -OCH3 is 1. The molecule has 8 heteroatoms. The number of hydrogen-bond acceptors (Lipinski definition) is 6. The molecule has 2 heterocycles. The largest absolute Gasteiger partial charge is 0.497 e. The Kier molecular flexibility index (Phi) is 7.72. The number of ether oxygens (including phenoxy) is 2. The van der Waals surface area contributed by atoms with Crippen molar-refractivity contribution in [3.63, 3.8) is 0 Å². The number of rotatable bonds is 7. The predicted molar refractivity (Wildman–Crippen MR) is 132 cm³/mol. The fourth-order valence-electron chi connectivity index (χ4n) is 4.26. The first-order valence-corrected chi connectivity index (χ1v) is 11.4. The monoisotopic (exact) mass is 462 g/mol. The number of fused-ring (bicyclic) bond motifs is 1. The lowest BCUT2D eigenvalue weighted by Crippen LogP contribution is -2.37. The molecule has 1 unspecified atom stereocenters. The molecule has 8 nitrogen and oxygen atoms in total. The van der Waals surface area contributed by atoms with Crippen LogP contribution in [-0.2, 0) is 20.7 Å². The van der Waals surface area contributed by atoms with E-state index in [0.29, 0.717) is 36.9 Å². The summed E-state index contributed by atoms with van der Waals surface area (Å²) < 4.78 is 11.1. The van der Waals surface area contributed by atoms with E-state index in [1.165, 1.54) is 17.9 Å². The quantitative estimate of drug-likeness (QED) is 0.560. The van der Waals surface area contributed by atoms with Gasteiger partial charge in [-0.2, -0.15) is 0 Å². The molecule has 0 saturated carbocycles. The van der Waals surface area contributed by atoms with E-state index in [1.54, 1.807) is 31.5 Å². The van der Waals surface area contributed by atoms with Gasteiger partial charge in [-0.25, -0.2) is 0 Å². The molecule has 0 bridgehead atoms. The van der Waals surface area contributed by atoms with Crippen molar-refractivity contribution in [2.45, 2.75) is 13.3 Å². The SMILES string of the molecule is COc1ccc(NC(C)=O)c(NC(=O)CN2CCOCC(Cc3ccc4ccncc4c3)C2)c1. The number of hydrogen-bond donors (Lipinski definition) is 2. The first kappa shape index (κ1) is 23.7. The maximum Gasteiger partial charge on any atom is 0.238 e. The molecule has 1 aliphatic rings. The summed E-state index contributed by atoms with van der Waals surface area (Å²) in [5.74, 6) is 0.504. The number of nitrogens with zero attached hydrogens (tertiary/aromatic N) is 2. The van der Waals surface area contributed by atoms with E-state index in [-0.39, 0.29) is 24.3 Å². The second kappa shape index (κ2) is 11.1. The van der Waals surface area contributed by atoms with Crippen LogP contribution in [0.1, 0.15) is 12.5 Å². The van der Waals surface area contributed by atoms with Crippen LogP contribution in [0.4, 0.5) is 11.4 Å². The van der Waals surface area contributed by atoms with Gasteiger partial charge >= 0.3 is 0 Å². The number of amides is 2. The molecule has 0 spiro atoms. The smallest absolute Gasteiger partial charge is 0.238 e. The lowest BCUT2D eigenvalue weighted by molar-refractivity contribution is -0.117. The molecule has 34 heavy (non-hydrogen) atoms. The first-order chi connectivity index (χ1) is 16.5. The van der Waals surface area contributed by atoms with Crippen molar-refractivity contribution < 1.29 is 19.1 Å². The van der Waals surface area contributed by atoms with Crippen LogP contribution in [0, 0.1) is 5.92 Å². The van der Waals surface area contributed by atoms with E-state index in [4.69, 9.17) is 9.47 Å². The molecule has 3 aromatic rings. The van der Waals surface area contributed by atoms with Crippen molar-refractivity contribution in [3.8, 4) is 5.75 Å². The molecule has 2 amide bonds. The zero-order chi connectivity index (χ0) is 23.9. The van der Waals surface area contributed by atoms with Crippen LogP contribution >= 0.6 is 0 Å². The van der Waals surface area contributed by atoms with Gasteiger partial charge in [0.25, 0.3) is 0 Å². The predicted octanol–water partition coefficient (Wildman–Crippen LogP) is 3.33. The van der Waals surface area contributed by atoms with Gasteiger partial charge in [0.1, 0.15) is 5.75 Å². The Labute approximate surface area is 199 Å². The van der Waals surface area contributed by atoms with E-state index in [1.807, 2.05) is 12.3 Å². The van der Waals surface area contributed by atoms with Crippen LogP contribution in [0.5, 0.6) is 5.75 Å². The zero-order valence-corrected chi connectivity index (χ0v) is 19.5. The number of carbonyl (C=O) groups is 2. The third kappa shape index (κ3) is 6.30. The average Bonchev–Trinajstić information content (AvgIpc) is 3.04.